The maximum absolute atomic E-state index is 11.6. The fourth-order valence-corrected chi connectivity index (χ4v) is 1.98. The molecule has 0 spiro atoms. The Morgan fingerprint density at radius 3 is 2.50 bits per heavy atom. The third-order valence-electron chi connectivity index (χ3n) is 2.39. The second kappa shape index (κ2) is 6.78. The van der Waals surface area contributed by atoms with Crippen LogP contribution in [-0.2, 0) is 4.79 Å². The molecule has 0 bridgehead atoms. The molecule has 0 saturated heterocycles. The van der Waals surface area contributed by atoms with Crippen LogP contribution in [0.2, 0.25) is 10.0 Å². The summed E-state index contributed by atoms with van der Waals surface area (Å²) in [6.07, 6.45) is 0.633. The maximum atomic E-state index is 11.6. The van der Waals surface area contributed by atoms with E-state index in [9.17, 15) is 9.90 Å². The van der Waals surface area contributed by atoms with Crippen molar-refractivity contribution in [2.75, 3.05) is 0 Å². The van der Waals surface area contributed by atoms with Crippen LogP contribution >= 0.6 is 23.2 Å². The summed E-state index contributed by atoms with van der Waals surface area (Å²) >= 11 is 11.7. The third kappa shape index (κ3) is 4.69. The van der Waals surface area contributed by atoms with Gasteiger partial charge in [-0.15, -0.1) is 6.58 Å². The van der Waals surface area contributed by atoms with Crippen LogP contribution in [0.1, 0.15) is 25.0 Å². The standard InChI is InChI=1S/C13H15Cl2NO2/c1-3-8(2)16-13(18)7-12(17)9-4-10(14)6-11(15)5-9/h3-6,8,12,17H,1,7H2,2H3,(H,16,18). The van der Waals surface area contributed by atoms with Gasteiger partial charge in [0, 0.05) is 16.1 Å². The lowest BCUT2D eigenvalue weighted by molar-refractivity contribution is -0.123. The SMILES string of the molecule is C=CC(C)NC(=O)CC(O)c1cc(Cl)cc(Cl)c1. The van der Waals surface area contributed by atoms with E-state index in [1.165, 1.54) is 0 Å². The smallest absolute Gasteiger partial charge is 0.223 e. The average molecular weight is 288 g/mol. The van der Waals surface area contributed by atoms with Crippen molar-refractivity contribution >= 4 is 29.1 Å². The van der Waals surface area contributed by atoms with E-state index in [0.29, 0.717) is 15.6 Å². The predicted molar refractivity (Wildman–Crippen MR) is 73.8 cm³/mol. The van der Waals surface area contributed by atoms with E-state index in [0.717, 1.165) is 0 Å². The highest BCUT2D eigenvalue weighted by atomic mass is 35.5. The van der Waals surface area contributed by atoms with Crippen LogP contribution in [0.5, 0.6) is 0 Å². The first-order valence-electron chi connectivity index (χ1n) is 5.48. The molecule has 0 fully saturated rings. The van der Waals surface area contributed by atoms with Gasteiger partial charge < -0.3 is 10.4 Å². The van der Waals surface area contributed by atoms with E-state index in [1.54, 1.807) is 31.2 Å². The molecule has 98 valence electrons. The Labute approximate surface area is 116 Å². The monoisotopic (exact) mass is 287 g/mol. The van der Waals surface area contributed by atoms with E-state index >= 15 is 0 Å². The summed E-state index contributed by atoms with van der Waals surface area (Å²) in [5.74, 6) is -0.258. The van der Waals surface area contributed by atoms with Gasteiger partial charge in [-0.05, 0) is 30.7 Å². The minimum Gasteiger partial charge on any atom is -0.388 e. The van der Waals surface area contributed by atoms with E-state index in [1.807, 2.05) is 0 Å². The maximum Gasteiger partial charge on any atom is 0.223 e. The van der Waals surface area contributed by atoms with E-state index in [-0.39, 0.29) is 18.4 Å². The molecule has 0 aromatic heterocycles. The van der Waals surface area contributed by atoms with Crippen LogP contribution < -0.4 is 5.32 Å². The molecule has 0 radical (unpaired) electrons. The Bertz CT molecular complexity index is 428. The first kappa shape index (κ1) is 15.0. The molecule has 18 heavy (non-hydrogen) atoms. The van der Waals surface area contributed by atoms with Crippen molar-refractivity contribution in [3.05, 3.63) is 46.5 Å². The molecular weight excluding hydrogens is 273 g/mol. The number of amides is 1. The molecule has 1 rings (SSSR count). The van der Waals surface area contributed by atoms with Crippen molar-refractivity contribution in [2.45, 2.75) is 25.5 Å². The number of rotatable bonds is 5. The van der Waals surface area contributed by atoms with Gasteiger partial charge in [0.15, 0.2) is 0 Å². The summed E-state index contributed by atoms with van der Waals surface area (Å²) in [6.45, 7) is 5.36. The molecular formula is C13H15Cl2NO2. The zero-order valence-corrected chi connectivity index (χ0v) is 11.5. The largest absolute Gasteiger partial charge is 0.388 e. The van der Waals surface area contributed by atoms with Gasteiger partial charge in [0.25, 0.3) is 0 Å². The van der Waals surface area contributed by atoms with Crippen molar-refractivity contribution in [1.29, 1.82) is 0 Å². The van der Waals surface area contributed by atoms with Gasteiger partial charge in [0.1, 0.15) is 0 Å². The Balaban J connectivity index is 2.67. The highest BCUT2D eigenvalue weighted by Gasteiger charge is 2.15. The molecule has 0 heterocycles. The van der Waals surface area contributed by atoms with Crippen molar-refractivity contribution in [3.63, 3.8) is 0 Å². The number of carbonyl (C=O) groups is 1. The number of hydrogen-bond acceptors (Lipinski definition) is 2. The molecule has 0 aliphatic carbocycles. The molecule has 1 amide bonds. The molecule has 0 saturated carbocycles. The highest BCUT2D eigenvalue weighted by molar-refractivity contribution is 6.34. The van der Waals surface area contributed by atoms with E-state index < -0.39 is 6.10 Å². The minimum atomic E-state index is -0.932. The predicted octanol–water partition coefficient (Wildman–Crippen LogP) is 3.11. The molecule has 1 aromatic carbocycles. The molecule has 0 aliphatic heterocycles. The van der Waals surface area contributed by atoms with Gasteiger partial charge in [0.2, 0.25) is 5.91 Å². The van der Waals surface area contributed by atoms with E-state index in [4.69, 9.17) is 23.2 Å². The number of nitrogens with one attached hydrogen (secondary N) is 1. The topological polar surface area (TPSA) is 49.3 Å². The average Bonchev–Trinajstić information content (AvgIpc) is 2.27. The van der Waals surface area contributed by atoms with Crippen LogP contribution in [0.3, 0.4) is 0 Å². The van der Waals surface area contributed by atoms with Gasteiger partial charge in [-0.1, -0.05) is 29.3 Å². The summed E-state index contributed by atoms with van der Waals surface area (Å²) in [6, 6.07) is 4.61. The molecule has 2 atom stereocenters. The Morgan fingerprint density at radius 2 is 2.00 bits per heavy atom. The lowest BCUT2D eigenvalue weighted by Crippen LogP contribution is -2.31. The van der Waals surface area contributed by atoms with Crippen molar-refractivity contribution < 1.29 is 9.90 Å². The molecule has 5 heteroatoms. The van der Waals surface area contributed by atoms with Gasteiger partial charge in [-0.25, -0.2) is 0 Å². The van der Waals surface area contributed by atoms with Crippen molar-refractivity contribution in [1.82, 2.24) is 5.32 Å². The van der Waals surface area contributed by atoms with Crippen molar-refractivity contribution in [2.24, 2.45) is 0 Å². The van der Waals surface area contributed by atoms with Crippen LogP contribution in [0.25, 0.3) is 0 Å². The fourth-order valence-electron chi connectivity index (χ4n) is 1.43. The van der Waals surface area contributed by atoms with Gasteiger partial charge in [0.05, 0.1) is 12.5 Å². The molecule has 0 aliphatic rings. The number of halogens is 2. The first-order valence-corrected chi connectivity index (χ1v) is 6.24. The second-order valence-corrected chi connectivity index (χ2v) is 4.89. The number of hydrogen-bond donors (Lipinski definition) is 2. The zero-order valence-electron chi connectivity index (χ0n) is 9.99. The van der Waals surface area contributed by atoms with Gasteiger partial charge >= 0.3 is 0 Å². The summed E-state index contributed by atoms with van der Waals surface area (Å²) in [4.78, 5) is 11.6. The van der Waals surface area contributed by atoms with Crippen LogP contribution in [0, 0.1) is 0 Å². The number of benzene rings is 1. The normalized spacial score (nSPS) is 13.8. The summed E-state index contributed by atoms with van der Waals surface area (Å²) in [5, 5.41) is 13.5. The first-order chi connectivity index (χ1) is 8.42. The second-order valence-electron chi connectivity index (χ2n) is 4.01. The fraction of sp³-hybridized carbons (Fsp3) is 0.308. The lowest BCUT2D eigenvalue weighted by Gasteiger charge is -2.14. The van der Waals surface area contributed by atoms with Crippen LogP contribution in [0.4, 0.5) is 0 Å². The Morgan fingerprint density at radius 1 is 1.44 bits per heavy atom. The van der Waals surface area contributed by atoms with E-state index in [2.05, 4.69) is 11.9 Å². The number of aliphatic hydroxyl groups excluding tert-OH is 1. The zero-order chi connectivity index (χ0) is 13.7. The highest BCUT2D eigenvalue weighted by Crippen LogP contribution is 2.25. The molecule has 2 N–H and O–H groups in total. The Kier molecular flexibility index (Phi) is 5.66. The minimum absolute atomic E-state index is 0.0468. The summed E-state index contributed by atoms with van der Waals surface area (Å²) in [7, 11) is 0. The molecule has 1 aromatic rings. The van der Waals surface area contributed by atoms with Crippen LogP contribution in [-0.4, -0.2) is 17.1 Å². The van der Waals surface area contributed by atoms with Gasteiger partial charge in [-0.3, -0.25) is 4.79 Å². The van der Waals surface area contributed by atoms with Crippen molar-refractivity contribution in [3.8, 4) is 0 Å². The number of aliphatic hydroxyl groups is 1. The molecule has 3 nitrogen and oxygen atoms in total. The van der Waals surface area contributed by atoms with Crippen LogP contribution in [0.15, 0.2) is 30.9 Å². The number of carbonyl (C=O) groups excluding carboxylic acids is 1. The Hall–Kier alpha value is -1.03. The lowest BCUT2D eigenvalue weighted by atomic mass is 10.1. The molecule has 2 unspecified atom stereocenters. The van der Waals surface area contributed by atoms with Gasteiger partial charge in [-0.2, -0.15) is 0 Å². The summed E-state index contributed by atoms with van der Waals surface area (Å²) in [5.41, 5.74) is 0.522. The third-order valence-corrected chi connectivity index (χ3v) is 2.83. The summed E-state index contributed by atoms with van der Waals surface area (Å²) < 4.78 is 0. The quantitative estimate of drug-likeness (QED) is 0.818.